The fraction of sp³-hybridized carbons (Fsp3) is 0.308. The van der Waals surface area contributed by atoms with E-state index in [2.05, 4.69) is 15.4 Å². The summed E-state index contributed by atoms with van der Waals surface area (Å²) in [7, 11) is 1.86. The van der Waals surface area contributed by atoms with Crippen LogP contribution in [0.4, 0.5) is 5.82 Å². The van der Waals surface area contributed by atoms with Crippen LogP contribution in [0.1, 0.15) is 22.5 Å². The molecule has 0 amide bonds. The van der Waals surface area contributed by atoms with E-state index in [1.165, 1.54) is 0 Å². The molecular weight excluding hydrogens is 258 g/mol. The molecule has 0 atom stereocenters. The van der Waals surface area contributed by atoms with Gasteiger partial charge >= 0.3 is 0 Å². The molecule has 5 nitrogen and oxygen atoms in total. The highest BCUT2D eigenvalue weighted by Crippen LogP contribution is 2.19. The summed E-state index contributed by atoms with van der Waals surface area (Å²) in [4.78, 5) is 4.70. The average Bonchev–Trinajstić information content (AvgIpc) is 2.63. The van der Waals surface area contributed by atoms with Crippen LogP contribution in [0.2, 0.25) is 0 Å². The molecule has 0 bridgehead atoms. The quantitative estimate of drug-likeness (QED) is 0.831. The summed E-state index contributed by atoms with van der Waals surface area (Å²) < 4.78 is 1.75. The molecule has 0 radical (unpaired) electrons. The molecule has 0 fully saturated rings. The number of aromatic nitrogens is 3. The molecule has 0 aliphatic rings. The Hall–Kier alpha value is -1.95. The first-order valence-corrected chi connectivity index (χ1v) is 6.39. The van der Waals surface area contributed by atoms with Crippen LogP contribution < -0.4 is 11.1 Å². The molecule has 100 valence electrons. The van der Waals surface area contributed by atoms with Crippen molar-refractivity contribution in [3.8, 4) is 0 Å². The number of pyridine rings is 1. The van der Waals surface area contributed by atoms with E-state index in [0.29, 0.717) is 11.5 Å². The van der Waals surface area contributed by atoms with Crippen LogP contribution in [0.25, 0.3) is 0 Å². The van der Waals surface area contributed by atoms with Gasteiger partial charge in [0.05, 0.1) is 23.5 Å². The van der Waals surface area contributed by atoms with E-state index in [4.69, 9.17) is 18.0 Å². The van der Waals surface area contributed by atoms with Crippen LogP contribution in [0, 0.1) is 13.8 Å². The standard InChI is InChI=1S/C13H17N5S/c1-8-5-4-6-15-10(8)7-16-13-11(12(14)19)9(2)17-18(13)3/h4-6,16H,7H2,1-3H3,(H2,14,19). The molecule has 19 heavy (non-hydrogen) atoms. The van der Waals surface area contributed by atoms with Crippen molar-refractivity contribution < 1.29 is 0 Å². The molecule has 0 unspecified atom stereocenters. The van der Waals surface area contributed by atoms with Crippen molar-refractivity contribution in [1.82, 2.24) is 14.8 Å². The third kappa shape index (κ3) is 2.73. The fourth-order valence-corrected chi connectivity index (χ4v) is 2.27. The molecule has 0 aliphatic heterocycles. The largest absolute Gasteiger partial charge is 0.389 e. The van der Waals surface area contributed by atoms with Crippen LogP contribution in [-0.2, 0) is 13.6 Å². The second kappa shape index (κ2) is 5.36. The maximum absolute atomic E-state index is 5.75. The van der Waals surface area contributed by atoms with Crippen molar-refractivity contribution in [2.24, 2.45) is 12.8 Å². The van der Waals surface area contributed by atoms with E-state index < -0.39 is 0 Å². The maximum Gasteiger partial charge on any atom is 0.134 e. The van der Waals surface area contributed by atoms with Gasteiger partial charge in [-0.1, -0.05) is 18.3 Å². The molecule has 2 heterocycles. The Morgan fingerprint density at radius 1 is 1.47 bits per heavy atom. The van der Waals surface area contributed by atoms with Gasteiger partial charge in [0.25, 0.3) is 0 Å². The first kappa shape index (κ1) is 13.5. The van der Waals surface area contributed by atoms with Gasteiger partial charge in [-0.05, 0) is 25.5 Å². The zero-order valence-corrected chi connectivity index (χ0v) is 12.1. The number of nitrogens with zero attached hydrogens (tertiary/aromatic N) is 3. The Bertz CT molecular complexity index is 617. The van der Waals surface area contributed by atoms with Crippen molar-refractivity contribution in [3.63, 3.8) is 0 Å². The molecule has 6 heteroatoms. The first-order valence-electron chi connectivity index (χ1n) is 5.98. The van der Waals surface area contributed by atoms with Crippen molar-refractivity contribution in [2.45, 2.75) is 20.4 Å². The van der Waals surface area contributed by atoms with E-state index in [-0.39, 0.29) is 0 Å². The summed E-state index contributed by atoms with van der Waals surface area (Å²) in [6, 6.07) is 3.96. The summed E-state index contributed by atoms with van der Waals surface area (Å²) in [6.07, 6.45) is 1.78. The van der Waals surface area contributed by atoms with E-state index in [9.17, 15) is 0 Å². The number of hydrogen-bond acceptors (Lipinski definition) is 4. The Morgan fingerprint density at radius 2 is 2.21 bits per heavy atom. The highest BCUT2D eigenvalue weighted by molar-refractivity contribution is 7.80. The van der Waals surface area contributed by atoms with E-state index in [1.807, 2.05) is 33.0 Å². The van der Waals surface area contributed by atoms with Crippen LogP contribution >= 0.6 is 12.2 Å². The highest BCUT2D eigenvalue weighted by atomic mass is 32.1. The van der Waals surface area contributed by atoms with Crippen molar-refractivity contribution >= 4 is 23.0 Å². The van der Waals surface area contributed by atoms with Gasteiger partial charge in [0.1, 0.15) is 10.8 Å². The van der Waals surface area contributed by atoms with Gasteiger partial charge in [-0.25, -0.2) is 0 Å². The molecule has 0 saturated heterocycles. The molecule has 2 rings (SSSR count). The van der Waals surface area contributed by atoms with Crippen molar-refractivity contribution in [1.29, 1.82) is 0 Å². The number of anilines is 1. The van der Waals surface area contributed by atoms with E-state index >= 15 is 0 Å². The van der Waals surface area contributed by atoms with Crippen LogP contribution in [0.5, 0.6) is 0 Å². The Kier molecular flexibility index (Phi) is 3.80. The second-order valence-corrected chi connectivity index (χ2v) is 4.86. The SMILES string of the molecule is Cc1cccnc1CNc1c(C(N)=S)c(C)nn1C. The molecule has 0 saturated carbocycles. The summed E-state index contributed by atoms with van der Waals surface area (Å²) >= 11 is 5.08. The van der Waals surface area contributed by atoms with E-state index in [1.54, 1.807) is 10.9 Å². The lowest BCUT2D eigenvalue weighted by Crippen LogP contribution is -2.15. The molecule has 0 aromatic carbocycles. The normalized spacial score (nSPS) is 10.5. The minimum Gasteiger partial charge on any atom is -0.389 e. The molecular formula is C13H17N5S. The van der Waals surface area contributed by atoms with E-state index in [0.717, 1.165) is 28.3 Å². The topological polar surface area (TPSA) is 68.8 Å². The van der Waals surface area contributed by atoms with Crippen LogP contribution in [0.3, 0.4) is 0 Å². The Morgan fingerprint density at radius 3 is 2.84 bits per heavy atom. The zero-order chi connectivity index (χ0) is 14.0. The zero-order valence-electron chi connectivity index (χ0n) is 11.3. The van der Waals surface area contributed by atoms with Gasteiger partial charge in [0.15, 0.2) is 0 Å². The number of aryl methyl sites for hydroxylation is 3. The third-order valence-corrected chi connectivity index (χ3v) is 3.21. The predicted octanol–water partition coefficient (Wildman–Crippen LogP) is 1.68. The Labute approximate surface area is 117 Å². The van der Waals surface area contributed by atoms with Crippen molar-refractivity contribution in [3.05, 3.63) is 40.8 Å². The number of hydrogen-bond donors (Lipinski definition) is 2. The van der Waals surface area contributed by atoms with Crippen LogP contribution in [-0.4, -0.2) is 19.8 Å². The minimum atomic E-state index is 0.353. The molecule has 2 aromatic heterocycles. The van der Waals surface area contributed by atoms with Crippen LogP contribution in [0.15, 0.2) is 18.3 Å². The van der Waals surface area contributed by atoms with Gasteiger partial charge < -0.3 is 11.1 Å². The lowest BCUT2D eigenvalue weighted by atomic mass is 10.2. The lowest BCUT2D eigenvalue weighted by Gasteiger charge is -2.10. The summed E-state index contributed by atoms with van der Waals surface area (Å²) in [5.74, 6) is 0.829. The monoisotopic (exact) mass is 275 g/mol. The molecule has 3 N–H and O–H groups in total. The predicted molar refractivity (Wildman–Crippen MR) is 80.1 cm³/mol. The molecule has 0 spiro atoms. The second-order valence-electron chi connectivity index (χ2n) is 4.42. The van der Waals surface area contributed by atoms with Gasteiger partial charge in [-0.3, -0.25) is 9.67 Å². The molecule has 2 aromatic rings. The van der Waals surface area contributed by atoms with Gasteiger partial charge in [-0.15, -0.1) is 0 Å². The fourth-order valence-electron chi connectivity index (χ4n) is 2.03. The average molecular weight is 275 g/mol. The van der Waals surface area contributed by atoms with Gasteiger partial charge in [-0.2, -0.15) is 5.10 Å². The minimum absolute atomic E-state index is 0.353. The van der Waals surface area contributed by atoms with Gasteiger partial charge in [0, 0.05) is 13.2 Å². The Balaban J connectivity index is 2.25. The van der Waals surface area contributed by atoms with Crippen molar-refractivity contribution in [2.75, 3.05) is 5.32 Å². The lowest BCUT2D eigenvalue weighted by molar-refractivity contribution is 0.756. The third-order valence-electron chi connectivity index (χ3n) is 3.01. The smallest absolute Gasteiger partial charge is 0.134 e. The maximum atomic E-state index is 5.75. The first-order chi connectivity index (χ1) is 9.00. The summed E-state index contributed by atoms with van der Waals surface area (Å²) in [5.41, 5.74) is 9.52. The highest BCUT2D eigenvalue weighted by Gasteiger charge is 2.15. The number of thiocarbonyl (C=S) groups is 1. The number of nitrogens with one attached hydrogen (secondary N) is 1. The van der Waals surface area contributed by atoms with Gasteiger partial charge in [0.2, 0.25) is 0 Å². The number of rotatable bonds is 4. The summed E-state index contributed by atoms with van der Waals surface area (Å²) in [5, 5.41) is 7.64. The summed E-state index contributed by atoms with van der Waals surface area (Å²) in [6.45, 7) is 4.54. The number of nitrogens with two attached hydrogens (primary N) is 1. The molecule has 0 aliphatic carbocycles.